The molecule has 0 bridgehead atoms. The van der Waals surface area contributed by atoms with Crippen LogP contribution in [0, 0.1) is 23.0 Å². The van der Waals surface area contributed by atoms with Crippen LogP contribution in [0.2, 0.25) is 0 Å². The van der Waals surface area contributed by atoms with Crippen molar-refractivity contribution < 1.29 is 14.5 Å². The molecule has 0 amide bonds. The molecular weight excluding hydrogens is 260 g/mol. The smallest absolute Gasteiger partial charge is 0.310 e. The van der Waals surface area contributed by atoms with Gasteiger partial charge in [-0.3, -0.25) is 14.9 Å². The van der Waals surface area contributed by atoms with Crippen molar-refractivity contribution in [2.75, 3.05) is 25.1 Å². The van der Waals surface area contributed by atoms with Gasteiger partial charge in [-0.1, -0.05) is 6.07 Å². The van der Waals surface area contributed by atoms with Crippen LogP contribution in [0.15, 0.2) is 18.2 Å². The van der Waals surface area contributed by atoms with Crippen LogP contribution in [0.5, 0.6) is 0 Å². The van der Waals surface area contributed by atoms with Crippen molar-refractivity contribution in [3.05, 3.63) is 33.9 Å². The number of piperidine rings is 1. The number of nitro groups is 1. The summed E-state index contributed by atoms with van der Waals surface area (Å²) in [5.74, 6) is -0.370. The second-order valence-corrected chi connectivity index (χ2v) is 4.99. The third-order valence-corrected chi connectivity index (χ3v) is 3.77. The standard InChI is InChI=1S/C14H18N2O4/c1-10-12(6-3-7-13(10)16(18)19)15-8-4-5-11(9-15)14(17)20-2/h3,6-7,11H,4-5,8-9H2,1-2H3. The van der Waals surface area contributed by atoms with Crippen LogP contribution in [0.3, 0.4) is 0 Å². The first kappa shape index (κ1) is 14.3. The molecule has 0 saturated carbocycles. The van der Waals surface area contributed by atoms with Gasteiger partial charge in [-0.2, -0.15) is 0 Å². The number of carbonyl (C=O) groups excluding carboxylic acids is 1. The number of benzene rings is 1. The summed E-state index contributed by atoms with van der Waals surface area (Å²) in [5.41, 5.74) is 1.58. The van der Waals surface area contributed by atoms with E-state index in [9.17, 15) is 14.9 Å². The van der Waals surface area contributed by atoms with E-state index in [-0.39, 0.29) is 22.5 Å². The van der Waals surface area contributed by atoms with Crippen LogP contribution < -0.4 is 4.90 Å². The SMILES string of the molecule is COC(=O)C1CCCN(c2cccc([N+](=O)[O-])c2C)C1. The van der Waals surface area contributed by atoms with Gasteiger partial charge in [-0.15, -0.1) is 0 Å². The number of hydrogen-bond acceptors (Lipinski definition) is 5. The van der Waals surface area contributed by atoms with Gasteiger partial charge in [0, 0.05) is 24.8 Å². The van der Waals surface area contributed by atoms with Crippen LogP contribution >= 0.6 is 0 Å². The Hall–Kier alpha value is -2.11. The molecule has 1 heterocycles. The topological polar surface area (TPSA) is 72.7 Å². The van der Waals surface area contributed by atoms with Gasteiger partial charge in [-0.25, -0.2) is 0 Å². The molecule has 20 heavy (non-hydrogen) atoms. The molecule has 1 fully saturated rings. The number of ether oxygens (including phenoxy) is 1. The maximum atomic E-state index is 11.6. The molecule has 6 nitrogen and oxygen atoms in total. The maximum absolute atomic E-state index is 11.6. The Bertz CT molecular complexity index is 530. The zero-order valence-electron chi connectivity index (χ0n) is 11.7. The second kappa shape index (κ2) is 5.90. The van der Waals surface area contributed by atoms with Crippen molar-refractivity contribution in [3.63, 3.8) is 0 Å². The Morgan fingerprint density at radius 3 is 2.90 bits per heavy atom. The quantitative estimate of drug-likeness (QED) is 0.482. The van der Waals surface area contributed by atoms with E-state index in [4.69, 9.17) is 4.74 Å². The summed E-state index contributed by atoms with van der Waals surface area (Å²) in [5, 5.41) is 11.0. The third-order valence-electron chi connectivity index (χ3n) is 3.77. The minimum Gasteiger partial charge on any atom is -0.469 e. The number of methoxy groups -OCH3 is 1. The largest absolute Gasteiger partial charge is 0.469 e. The van der Waals surface area contributed by atoms with Gasteiger partial charge in [0.1, 0.15) is 0 Å². The molecule has 1 aromatic rings. The van der Waals surface area contributed by atoms with Crippen molar-refractivity contribution in [2.24, 2.45) is 5.92 Å². The summed E-state index contributed by atoms with van der Waals surface area (Å²) < 4.78 is 4.79. The molecule has 1 aliphatic rings. The molecule has 1 atom stereocenters. The lowest BCUT2D eigenvalue weighted by atomic mass is 9.97. The molecule has 1 unspecified atom stereocenters. The minimum atomic E-state index is -0.374. The van der Waals surface area contributed by atoms with E-state index in [2.05, 4.69) is 0 Å². The number of hydrogen-bond donors (Lipinski definition) is 0. The Labute approximate surface area is 117 Å². The Kier molecular flexibility index (Phi) is 4.22. The lowest BCUT2D eigenvalue weighted by Crippen LogP contribution is -2.39. The van der Waals surface area contributed by atoms with Crippen LogP contribution in [-0.2, 0) is 9.53 Å². The molecular formula is C14H18N2O4. The Balaban J connectivity index is 2.25. The van der Waals surface area contributed by atoms with Gasteiger partial charge in [0.05, 0.1) is 23.5 Å². The van der Waals surface area contributed by atoms with Crippen LogP contribution in [-0.4, -0.2) is 31.1 Å². The van der Waals surface area contributed by atoms with Gasteiger partial charge < -0.3 is 9.64 Å². The zero-order chi connectivity index (χ0) is 14.7. The molecule has 1 saturated heterocycles. The summed E-state index contributed by atoms with van der Waals surface area (Å²) in [6.07, 6.45) is 1.68. The zero-order valence-corrected chi connectivity index (χ0v) is 11.7. The van der Waals surface area contributed by atoms with Gasteiger partial charge in [0.2, 0.25) is 0 Å². The van der Waals surface area contributed by atoms with Gasteiger partial charge in [-0.05, 0) is 25.8 Å². The van der Waals surface area contributed by atoms with E-state index in [0.717, 1.165) is 25.1 Å². The molecule has 6 heteroatoms. The summed E-state index contributed by atoms with van der Waals surface area (Å²) in [6, 6.07) is 5.05. The van der Waals surface area contributed by atoms with Gasteiger partial charge >= 0.3 is 5.97 Å². The number of nitrogens with zero attached hydrogens (tertiary/aromatic N) is 2. The average molecular weight is 278 g/mol. The highest BCUT2D eigenvalue weighted by molar-refractivity contribution is 5.74. The average Bonchev–Trinajstić information content (AvgIpc) is 2.46. The molecule has 0 aliphatic carbocycles. The number of nitro benzene ring substituents is 1. The highest BCUT2D eigenvalue weighted by Gasteiger charge is 2.28. The van der Waals surface area contributed by atoms with E-state index < -0.39 is 0 Å². The first-order valence-corrected chi connectivity index (χ1v) is 6.61. The highest BCUT2D eigenvalue weighted by Crippen LogP contribution is 2.31. The van der Waals surface area contributed by atoms with E-state index in [1.165, 1.54) is 13.2 Å². The monoisotopic (exact) mass is 278 g/mol. The Morgan fingerprint density at radius 2 is 2.25 bits per heavy atom. The molecule has 1 aliphatic heterocycles. The van der Waals surface area contributed by atoms with E-state index in [1.807, 2.05) is 11.0 Å². The molecule has 1 aromatic carbocycles. The minimum absolute atomic E-state index is 0.114. The first-order valence-electron chi connectivity index (χ1n) is 6.61. The molecule has 108 valence electrons. The Morgan fingerprint density at radius 1 is 1.50 bits per heavy atom. The fourth-order valence-electron chi connectivity index (χ4n) is 2.71. The third kappa shape index (κ3) is 2.74. The summed E-state index contributed by atoms with van der Waals surface area (Å²) in [6.45, 7) is 3.10. The first-order chi connectivity index (χ1) is 9.54. The fraction of sp³-hybridized carbons (Fsp3) is 0.500. The molecule has 2 rings (SSSR count). The van der Waals surface area contributed by atoms with Crippen molar-refractivity contribution in [2.45, 2.75) is 19.8 Å². The predicted octanol–water partition coefficient (Wildman–Crippen LogP) is 2.29. The number of rotatable bonds is 3. The lowest BCUT2D eigenvalue weighted by Gasteiger charge is -2.33. The van der Waals surface area contributed by atoms with Crippen molar-refractivity contribution >= 4 is 17.3 Å². The highest BCUT2D eigenvalue weighted by atomic mass is 16.6. The summed E-state index contributed by atoms with van der Waals surface area (Å²) >= 11 is 0. The molecule has 0 aromatic heterocycles. The fourth-order valence-corrected chi connectivity index (χ4v) is 2.71. The normalized spacial score (nSPS) is 18.7. The van der Waals surface area contributed by atoms with Gasteiger partial charge in [0.25, 0.3) is 5.69 Å². The second-order valence-electron chi connectivity index (χ2n) is 4.99. The molecule has 0 radical (unpaired) electrons. The number of carbonyl (C=O) groups is 1. The van der Waals surface area contributed by atoms with E-state index >= 15 is 0 Å². The number of anilines is 1. The number of esters is 1. The molecule has 0 spiro atoms. The molecule has 0 N–H and O–H groups in total. The van der Waals surface area contributed by atoms with E-state index in [1.54, 1.807) is 13.0 Å². The predicted molar refractivity (Wildman–Crippen MR) is 74.8 cm³/mol. The van der Waals surface area contributed by atoms with E-state index in [0.29, 0.717) is 12.1 Å². The van der Waals surface area contributed by atoms with Crippen LogP contribution in [0.4, 0.5) is 11.4 Å². The van der Waals surface area contributed by atoms with Crippen molar-refractivity contribution in [3.8, 4) is 0 Å². The van der Waals surface area contributed by atoms with Crippen molar-refractivity contribution in [1.29, 1.82) is 0 Å². The van der Waals surface area contributed by atoms with Crippen molar-refractivity contribution in [1.82, 2.24) is 0 Å². The lowest BCUT2D eigenvalue weighted by molar-refractivity contribution is -0.385. The maximum Gasteiger partial charge on any atom is 0.310 e. The van der Waals surface area contributed by atoms with Crippen LogP contribution in [0.1, 0.15) is 18.4 Å². The van der Waals surface area contributed by atoms with Gasteiger partial charge in [0.15, 0.2) is 0 Å². The summed E-state index contributed by atoms with van der Waals surface area (Å²) in [4.78, 5) is 24.3. The summed E-state index contributed by atoms with van der Waals surface area (Å²) in [7, 11) is 1.39. The van der Waals surface area contributed by atoms with Crippen LogP contribution in [0.25, 0.3) is 0 Å².